The van der Waals surface area contributed by atoms with Gasteiger partial charge in [-0.15, -0.1) is 11.3 Å². The molecule has 1 saturated carbocycles. The summed E-state index contributed by atoms with van der Waals surface area (Å²) >= 11 is 1.80. The molecule has 0 radical (unpaired) electrons. The Labute approximate surface area is 99.5 Å². The predicted octanol–water partition coefficient (Wildman–Crippen LogP) is 3.37. The van der Waals surface area contributed by atoms with Crippen LogP contribution in [-0.4, -0.2) is 4.98 Å². The van der Waals surface area contributed by atoms with Crippen molar-refractivity contribution in [2.75, 3.05) is 0 Å². The number of rotatable bonds is 2. The highest BCUT2D eigenvalue weighted by molar-refractivity contribution is 7.18. The molecule has 2 aromatic rings. The Balaban J connectivity index is 2.22. The Kier molecular flexibility index (Phi) is 2.10. The number of nitrogens with two attached hydrogens (primary N) is 1. The standard InChI is InChI=1S/C13H16N2S/c1-8(2)12-15-11-9(13(14)6-7-13)4-3-5-10(11)16-12/h3-5,8H,6-7,14H2,1-2H3. The summed E-state index contributed by atoms with van der Waals surface area (Å²) in [6.07, 6.45) is 2.20. The third-order valence-electron chi connectivity index (χ3n) is 3.25. The van der Waals surface area contributed by atoms with Gasteiger partial charge in [0.2, 0.25) is 0 Å². The lowest BCUT2D eigenvalue weighted by atomic mass is 10.0. The van der Waals surface area contributed by atoms with E-state index in [4.69, 9.17) is 10.7 Å². The van der Waals surface area contributed by atoms with Crippen LogP contribution in [-0.2, 0) is 5.54 Å². The molecule has 2 nitrogen and oxygen atoms in total. The van der Waals surface area contributed by atoms with E-state index >= 15 is 0 Å². The predicted molar refractivity (Wildman–Crippen MR) is 68.8 cm³/mol. The Morgan fingerprint density at radius 1 is 1.38 bits per heavy atom. The van der Waals surface area contributed by atoms with E-state index in [1.165, 1.54) is 15.3 Å². The molecule has 0 unspecified atom stereocenters. The zero-order chi connectivity index (χ0) is 11.3. The van der Waals surface area contributed by atoms with Crippen LogP contribution in [0.1, 0.15) is 43.2 Å². The highest BCUT2D eigenvalue weighted by Crippen LogP contribution is 2.46. The molecule has 1 aliphatic carbocycles. The van der Waals surface area contributed by atoms with Crippen molar-refractivity contribution >= 4 is 21.6 Å². The second-order valence-corrected chi connectivity index (χ2v) is 6.08. The van der Waals surface area contributed by atoms with Gasteiger partial charge in [-0.3, -0.25) is 0 Å². The van der Waals surface area contributed by atoms with Gasteiger partial charge in [0.05, 0.1) is 15.2 Å². The molecule has 0 aliphatic heterocycles. The number of fused-ring (bicyclic) bond motifs is 1. The van der Waals surface area contributed by atoms with Gasteiger partial charge in [-0.05, 0) is 24.5 Å². The fraction of sp³-hybridized carbons (Fsp3) is 0.462. The van der Waals surface area contributed by atoms with Gasteiger partial charge in [-0.25, -0.2) is 4.98 Å². The quantitative estimate of drug-likeness (QED) is 0.862. The van der Waals surface area contributed by atoms with E-state index in [2.05, 4.69) is 32.0 Å². The van der Waals surface area contributed by atoms with Gasteiger partial charge in [-0.1, -0.05) is 26.0 Å². The van der Waals surface area contributed by atoms with E-state index in [0.717, 1.165) is 18.4 Å². The van der Waals surface area contributed by atoms with Crippen molar-refractivity contribution in [3.63, 3.8) is 0 Å². The Bertz CT molecular complexity index is 538. The fourth-order valence-corrected chi connectivity index (χ4v) is 3.02. The first-order valence-corrected chi connectivity index (χ1v) is 6.61. The van der Waals surface area contributed by atoms with Crippen LogP contribution in [0.25, 0.3) is 10.2 Å². The number of thiazole rings is 1. The summed E-state index contributed by atoms with van der Waals surface area (Å²) in [6.45, 7) is 4.37. The lowest BCUT2D eigenvalue weighted by molar-refractivity contribution is 0.745. The van der Waals surface area contributed by atoms with Crippen LogP contribution in [0.5, 0.6) is 0 Å². The average Bonchev–Trinajstić information content (AvgIpc) is 2.84. The van der Waals surface area contributed by atoms with Crippen LogP contribution in [0.3, 0.4) is 0 Å². The molecular formula is C13H16N2S. The van der Waals surface area contributed by atoms with Gasteiger partial charge < -0.3 is 5.73 Å². The number of hydrogen-bond acceptors (Lipinski definition) is 3. The summed E-state index contributed by atoms with van der Waals surface area (Å²) in [4.78, 5) is 4.76. The molecule has 0 spiro atoms. The van der Waals surface area contributed by atoms with Crippen LogP contribution in [0.4, 0.5) is 0 Å². The van der Waals surface area contributed by atoms with Crippen molar-refractivity contribution in [1.29, 1.82) is 0 Å². The third kappa shape index (κ3) is 1.46. The normalized spacial score (nSPS) is 18.2. The van der Waals surface area contributed by atoms with E-state index < -0.39 is 0 Å². The van der Waals surface area contributed by atoms with Crippen molar-refractivity contribution in [3.05, 3.63) is 28.8 Å². The van der Waals surface area contributed by atoms with Crippen LogP contribution in [0, 0.1) is 0 Å². The second kappa shape index (κ2) is 3.28. The summed E-state index contributed by atoms with van der Waals surface area (Å²) in [6, 6.07) is 6.39. The lowest BCUT2D eigenvalue weighted by Crippen LogP contribution is -2.18. The number of benzene rings is 1. The number of nitrogens with zero attached hydrogens (tertiary/aromatic N) is 1. The summed E-state index contributed by atoms with van der Waals surface area (Å²) in [5.41, 5.74) is 8.58. The first-order valence-electron chi connectivity index (χ1n) is 5.79. The molecule has 1 fully saturated rings. The Morgan fingerprint density at radius 3 is 2.75 bits per heavy atom. The smallest absolute Gasteiger partial charge is 0.0964 e. The van der Waals surface area contributed by atoms with Crippen molar-refractivity contribution < 1.29 is 0 Å². The molecule has 0 atom stereocenters. The zero-order valence-electron chi connectivity index (χ0n) is 9.66. The van der Waals surface area contributed by atoms with Crippen molar-refractivity contribution in [3.8, 4) is 0 Å². The summed E-state index contributed by atoms with van der Waals surface area (Å²) in [5.74, 6) is 0.498. The van der Waals surface area contributed by atoms with Gasteiger partial charge in [0.25, 0.3) is 0 Å². The molecular weight excluding hydrogens is 216 g/mol. The van der Waals surface area contributed by atoms with Gasteiger partial charge in [0.1, 0.15) is 0 Å². The van der Waals surface area contributed by atoms with Crippen molar-refractivity contribution in [1.82, 2.24) is 4.98 Å². The monoisotopic (exact) mass is 232 g/mol. The number of hydrogen-bond donors (Lipinski definition) is 1. The zero-order valence-corrected chi connectivity index (χ0v) is 10.5. The second-order valence-electron chi connectivity index (χ2n) is 5.02. The lowest BCUT2D eigenvalue weighted by Gasteiger charge is -2.08. The molecule has 16 heavy (non-hydrogen) atoms. The maximum absolute atomic E-state index is 6.28. The van der Waals surface area contributed by atoms with Gasteiger partial charge in [-0.2, -0.15) is 0 Å². The maximum atomic E-state index is 6.28. The number of para-hydroxylation sites is 1. The molecule has 0 amide bonds. The first-order chi connectivity index (χ1) is 7.60. The topological polar surface area (TPSA) is 38.9 Å². The maximum Gasteiger partial charge on any atom is 0.0964 e. The highest BCUT2D eigenvalue weighted by Gasteiger charge is 2.41. The minimum Gasteiger partial charge on any atom is -0.321 e. The molecule has 1 aromatic carbocycles. The van der Waals surface area contributed by atoms with E-state index in [0.29, 0.717) is 5.92 Å². The number of aromatic nitrogens is 1. The van der Waals surface area contributed by atoms with E-state index in [1.807, 2.05) is 0 Å². The molecule has 3 rings (SSSR count). The molecule has 1 aromatic heterocycles. The van der Waals surface area contributed by atoms with E-state index in [-0.39, 0.29) is 5.54 Å². The Hall–Kier alpha value is -0.930. The molecule has 1 aliphatic rings. The summed E-state index contributed by atoms with van der Waals surface area (Å²) < 4.78 is 1.28. The van der Waals surface area contributed by atoms with Gasteiger partial charge >= 0.3 is 0 Å². The Morgan fingerprint density at radius 2 is 2.12 bits per heavy atom. The average molecular weight is 232 g/mol. The van der Waals surface area contributed by atoms with E-state index in [9.17, 15) is 0 Å². The van der Waals surface area contributed by atoms with Crippen molar-refractivity contribution in [2.24, 2.45) is 5.73 Å². The van der Waals surface area contributed by atoms with Gasteiger partial charge in [0, 0.05) is 11.5 Å². The first kappa shape index (κ1) is 10.2. The van der Waals surface area contributed by atoms with E-state index in [1.54, 1.807) is 11.3 Å². The molecule has 2 N–H and O–H groups in total. The molecule has 84 valence electrons. The highest BCUT2D eigenvalue weighted by atomic mass is 32.1. The summed E-state index contributed by atoms with van der Waals surface area (Å²) in [7, 11) is 0. The fourth-order valence-electron chi connectivity index (χ4n) is 2.02. The van der Waals surface area contributed by atoms with Crippen LogP contribution < -0.4 is 5.73 Å². The SMILES string of the molecule is CC(C)c1nc2c(C3(N)CC3)cccc2s1. The third-order valence-corrected chi connectivity index (χ3v) is 4.58. The summed E-state index contributed by atoms with van der Waals surface area (Å²) in [5, 5.41) is 1.21. The van der Waals surface area contributed by atoms with Crippen LogP contribution in [0.15, 0.2) is 18.2 Å². The van der Waals surface area contributed by atoms with Gasteiger partial charge in [0.15, 0.2) is 0 Å². The molecule has 1 heterocycles. The molecule has 0 bridgehead atoms. The molecule has 3 heteroatoms. The van der Waals surface area contributed by atoms with Crippen molar-refractivity contribution in [2.45, 2.75) is 38.1 Å². The minimum absolute atomic E-state index is 0.0815. The van der Waals surface area contributed by atoms with Crippen LogP contribution >= 0.6 is 11.3 Å². The van der Waals surface area contributed by atoms with Crippen LogP contribution in [0.2, 0.25) is 0 Å². The largest absolute Gasteiger partial charge is 0.321 e. The molecule has 0 saturated heterocycles. The minimum atomic E-state index is -0.0815.